The molecule has 136 valence electrons. The van der Waals surface area contributed by atoms with Gasteiger partial charge in [-0.3, -0.25) is 4.57 Å². The van der Waals surface area contributed by atoms with E-state index in [2.05, 4.69) is 9.82 Å². The standard InChI is InChI=1S/C18H20N4O3S/c1-14-8-10-16(11-9-14)26(24,25)19-12-13-22-18(23)21(2)17(20-22)15-6-4-3-5-7-15/h3-11,19H,12-13H2,1-2H3. The van der Waals surface area contributed by atoms with Crippen molar-refractivity contribution in [3.63, 3.8) is 0 Å². The van der Waals surface area contributed by atoms with Crippen LogP contribution in [-0.2, 0) is 23.6 Å². The van der Waals surface area contributed by atoms with E-state index >= 15 is 0 Å². The van der Waals surface area contributed by atoms with E-state index in [1.165, 1.54) is 9.25 Å². The molecular formula is C18H20N4O3S. The summed E-state index contributed by atoms with van der Waals surface area (Å²) >= 11 is 0. The second-order valence-electron chi connectivity index (χ2n) is 5.97. The van der Waals surface area contributed by atoms with Crippen molar-refractivity contribution in [2.24, 2.45) is 7.05 Å². The molecule has 1 heterocycles. The first-order valence-corrected chi connectivity index (χ1v) is 9.62. The Morgan fingerprint density at radius 1 is 1.04 bits per heavy atom. The molecule has 0 spiro atoms. The summed E-state index contributed by atoms with van der Waals surface area (Å²) in [7, 11) is -1.97. The van der Waals surface area contributed by atoms with E-state index < -0.39 is 10.0 Å². The molecule has 1 aromatic heterocycles. The summed E-state index contributed by atoms with van der Waals surface area (Å²) in [5.41, 5.74) is 1.52. The first kappa shape index (κ1) is 18.1. The van der Waals surface area contributed by atoms with Crippen LogP contribution in [0, 0.1) is 6.92 Å². The third-order valence-corrected chi connectivity index (χ3v) is 5.50. The van der Waals surface area contributed by atoms with Gasteiger partial charge in [-0.05, 0) is 19.1 Å². The molecule has 0 atom stereocenters. The fourth-order valence-electron chi connectivity index (χ4n) is 2.56. The van der Waals surface area contributed by atoms with Crippen molar-refractivity contribution < 1.29 is 8.42 Å². The number of hydrogen-bond donors (Lipinski definition) is 1. The predicted octanol–water partition coefficient (Wildman–Crippen LogP) is 1.54. The van der Waals surface area contributed by atoms with E-state index in [-0.39, 0.29) is 23.7 Å². The molecule has 0 bridgehead atoms. The van der Waals surface area contributed by atoms with Crippen LogP contribution in [0.2, 0.25) is 0 Å². The fourth-order valence-corrected chi connectivity index (χ4v) is 3.58. The summed E-state index contributed by atoms with van der Waals surface area (Å²) in [6.07, 6.45) is 0. The maximum absolute atomic E-state index is 12.3. The molecule has 7 nitrogen and oxygen atoms in total. The molecule has 8 heteroatoms. The normalized spacial score (nSPS) is 11.6. The van der Waals surface area contributed by atoms with Gasteiger partial charge in [0, 0.05) is 19.2 Å². The average molecular weight is 372 g/mol. The molecule has 0 fully saturated rings. The Morgan fingerprint density at radius 3 is 2.35 bits per heavy atom. The van der Waals surface area contributed by atoms with Crippen LogP contribution < -0.4 is 10.4 Å². The van der Waals surface area contributed by atoms with Gasteiger partial charge in [0.05, 0.1) is 11.4 Å². The summed E-state index contributed by atoms with van der Waals surface area (Å²) in [6.45, 7) is 2.10. The van der Waals surface area contributed by atoms with Crippen LogP contribution in [0.5, 0.6) is 0 Å². The van der Waals surface area contributed by atoms with E-state index in [1.54, 1.807) is 31.3 Å². The Morgan fingerprint density at radius 2 is 1.69 bits per heavy atom. The topological polar surface area (TPSA) is 86.0 Å². The first-order chi connectivity index (χ1) is 12.4. The zero-order valence-corrected chi connectivity index (χ0v) is 15.4. The van der Waals surface area contributed by atoms with Gasteiger partial charge in [0.1, 0.15) is 0 Å². The summed E-state index contributed by atoms with van der Waals surface area (Å²) in [5.74, 6) is 0.539. The number of rotatable bonds is 6. The number of benzene rings is 2. The van der Waals surface area contributed by atoms with Crippen LogP contribution in [0.1, 0.15) is 5.56 Å². The fraction of sp³-hybridized carbons (Fsp3) is 0.222. The van der Waals surface area contributed by atoms with Gasteiger partial charge in [-0.25, -0.2) is 22.6 Å². The molecule has 0 aliphatic heterocycles. The predicted molar refractivity (Wildman–Crippen MR) is 99.3 cm³/mol. The highest BCUT2D eigenvalue weighted by atomic mass is 32.2. The van der Waals surface area contributed by atoms with Gasteiger partial charge >= 0.3 is 5.69 Å². The zero-order chi connectivity index (χ0) is 18.7. The van der Waals surface area contributed by atoms with Gasteiger partial charge in [-0.1, -0.05) is 48.0 Å². The molecule has 0 radical (unpaired) electrons. The number of nitrogens with one attached hydrogen (secondary N) is 1. The quantitative estimate of drug-likeness (QED) is 0.711. The summed E-state index contributed by atoms with van der Waals surface area (Å²) in [6, 6.07) is 15.9. The van der Waals surface area contributed by atoms with Crippen LogP contribution in [0.25, 0.3) is 11.4 Å². The number of aromatic nitrogens is 3. The minimum atomic E-state index is -3.62. The lowest BCUT2D eigenvalue weighted by Gasteiger charge is -2.06. The van der Waals surface area contributed by atoms with Crippen molar-refractivity contribution in [2.45, 2.75) is 18.4 Å². The molecule has 0 saturated carbocycles. The van der Waals surface area contributed by atoms with Crippen molar-refractivity contribution in [1.29, 1.82) is 0 Å². The van der Waals surface area contributed by atoms with Crippen molar-refractivity contribution in [3.05, 3.63) is 70.6 Å². The first-order valence-electron chi connectivity index (χ1n) is 8.14. The maximum Gasteiger partial charge on any atom is 0.345 e. The third-order valence-electron chi connectivity index (χ3n) is 4.02. The highest BCUT2D eigenvalue weighted by Gasteiger charge is 2.15. The van der Waals surface area contributed by atoms with Gasteiger partial charge in [0.2, 0.25) is 10.0 Å². The van der Waals surface area contributed by atoms with Gasteiger partial charge < -0.3 is 0 Å². The largest absolute Gasteiger partial charge is 0.345 e. The van der Waals surface area contributed by atoms with E-state index in [0.717, 1.165) is 11.1 Å². The lowest BCUT2D eigenvalue weighted by atomic mass is 10.2. The van der Waals surface area contributed by atoms with Crippen LogP contribution in [-0.4, -0.2) is 29.3 Å². The van der Waals surface area contributed by atoms with E-state index in [9.17, 15) is 13.2 Å². The van der Waals surface area contributed by atoms with Crippen molar-refractivity contribution in [2.75, 3.05) is 6.54 Å². The van der Waals surface area contributed by atoms with E-state index in [0.29, 0.717) is 5.82 Å². The Kier molecular flexibility index (Phi) is 5.06. The number of nitrogens with zero attached hydrogens (tertiary/aromatic N) is 3. The van der Waals surface area contributed by atoms with Gasteiger partial charge in [0.25, 0.3) is 0 Å². The summed E-state index contributed by atoms with van der Waals surface area (Å²) in [5, 5.41) is 4.32. The summed E-state index contributed by atoms with van der Waals surface area (Å²) in [4.78, 5) is 12.5. The zero-order valence-electron chi connectivity index (χ0n) is 14.6. The third kappa shape index (κ3) is 3.76. The number of sulfonamides is 1. The van der Waals surface area contributed by atoms with Crippen LogP contribution >= 0.6 is 0 Å². The highest BCUT2D eigenvalue weighted by molar-refractivity contribution is 7.89. The lowest BCUT2D eigenvalue weighted by molar-refractivity contribution is 0.551. The number of hydrogen-bond acceptors (Lipinski definition) is 4. The van der Waals surface area contributed by atoms with Crippen LogP contribution in [0.3, 0.4) is 0 Å². The molecule has 3 rings (SSSR count). The molecule has 2 aromatic carbocycles. The smallest absolute Gasteiger partial charge is 0.278 e. The molecule has 0 amide bonds. The highest BCUT2D eigenvalue weighted by Crippen LogP contribution is 2.13. The SMILES string of the molecule is Cc1ccc(S(=O)(=O)NCCn2nc(-c3ccccc3)n(C)c2=O)cc1. The molecule has 0 saturated heterocycles. The van der Waals surface area contributed by atoms with Crippen molar-refractivity contribution in [1.82, 2.24) is 19.1 Å². The summed E-state index contributed by atoms with van der Waals surface area (Å²) < 4.78 is 29.8. The Hall–Kier alpha value is -2.71. The average Bonchev–Trinajstić information content (AvgIpc) is 2.91. The van der Waals surface area contributed by atoms with E-state index in [4.69, 9.17) is 0 Å². The lowest BCUT2D eigenvalue weighted by Crippen LogP contribution is -2.31. The Labute approximate surface area is 152 Å². The molecule has 3 aromatic rings. The van der Waals surface area contributed by atoms with Gasteiger partial charge in [0.15, 0.2) is 5.82 Å². The molecule has 0 unspecified atom stereocenters. The number of aryl methyl sites for hydroxylation is 1. The Balaban J connectivity index is 1.73. The maximum atomic E-state index is 12.3. The van der Waals surface area contributed by atoms with Crippen molar-refractivity contribution >= 4 is 10.0 Å². The molecule has 1 N–H and O–H groups in total. The van der Waals surface area contributed by atoms with Crippen LogP contribution in [0.4, 0.5) is 0 Å². The van der Waals surface area contributed by atoms with E-state index in [1.807, 2.05) is 37.3 Å². The van der Waals surface area contributed by atoms with Crippen LogP contribution in [0.15, 0.2) is 64.3 Å². The van der Waals surface area contributed by atoms with Crippen molar-refractivity contribution in [3.8, 4) is 11.4 Å². The monoisotopic (exact) mass is 372 g/mol. The molecule has 0 aliphatic carbocycles. The Bertz CT molecular complexity index is 1050. The molecule has 0 aliphatic rings. The minimum Gasteiger partial charge on any atom is -0.278 e. The molecule has 26 heavy (non-hydrogen) atoms. The van der Waals surface area contributed by atoms with Gasteiger partial charge in [-0.2, -0.15) is 0 Å². The second-order valence-corrected chi connectivity index (χ2v) is 7.73. The molecular weight excluding hydrogens is 352 g/mol. The second kappa shape index (κ2) is 7.27. The minimum absolute atomic E-state index is 0.0708. The van der Waals surface area contributed by atoms with Gasteiger partial charge in [-0.15, -0.1) is 5.10 Å².